The second-order valence-electron chi connectivity index (χ2n) is 4.04. The molecular weight excluding hydrogens is 226 g/mol. The third-order valence-electron chi connectivity index (χ3n) is 3.19. The van der Waals surface area contributed by atoms with Crippen LogP contribution in [0.1, 0.15) is 37.0 Å². The van der Waals surface area contributed by atoms with Crippen LogP contribution in [-0.4, -0.2) is 18.3 Å². The van der Waals surface area contributed by atoms with Crippen molar-refractivity contribution in [2.75, 3.05) is 12.4 Å². The predicted molar refractivity (Wildman–Crippen MR) is 64.8 cm³/mol. The summed E-state index contributed by atoms with van der Waals surface area (Å²) in [6.07, 6.45) is 4.84. The normalized spacial score (nSPS) is 11.4. The summed E-state index contributed by atoms with van der Waals surface area (Å²) >= 11 is 5.96. The second kappa shape index (κ2) is 5.94. The molecule has 1 amide bonds. The Bertz CT molecular complexity index is 310. The molecule has 0 unspecified atom stereocenters. The van der Waals surface area contributed by atoms with Gasteiger partial charge in [0.05, 0.1) is 11.8 Å². The van der Waals surface area contributed by atoms with Crippen LogP contribution in [0.2, 0.25) is 0 Å². The Morgan fingerprint density at radius 2 is 2.19 bits per heavy atom. The SMILES string of the molecule is CCC(CC)(CCl)CNC(=O)c1ccoc1. The lowest BCUT2D eigenvalue weighted by Gasteiger charge is -2.29. The van der Waals surface area contributed by atoms with Gasteiger partial charge in [0.2, 0.25) is 0 Å². The lowest BCUT2D eigenvalue weighted by molar-refractivity contribution is 0.0931. The Labute approximate surface area is 101 Å². The van der Waals surface area contributed by atoms with E-state index in [-0.39, 0.29) is 11.3 Å². The van der Waals surface area contributed by atoms with Gasteiger partial charge in [-0.15, -0.1) is 11.6 Å². The van der Waals surface area contributed by atoms with E-state index in [2.05, 4.69) is 19.2 Å². The fourth-order valence-corrected chi connectivity index (χ4v) is 1.97. The van der Waals surface area contributed by atoms with Crippen LogP contribution in [0.5, 0.6) is 0 Å². The van der Waals surface area contributed by atoms with Gasteiger partial charge in [-0.05, 0) is 18.9 Å². The monoisotopic (exact) mass is 243 g/mol. The molecule has 1 heterocycles. The van der Waals surface area contributed by atoms with Crippen molar-refractivity contribution in [2.24, 2.45) is 5.41 Å². The molecule has 0 saturated heterocycles. The van der Waals surface area contributed by atoms with Crippen LogP contribution < -0.4 is 5.32 Å². The van der Waals surface area contributed by atoms with Crippen molar-refractivity contribution in [1.82, 2.24) is 5.32 Å². The van der Waals surface area contributed by atoms with Gasteiger partial charge in [-0.1, -0.05) is 13.8 Å². The first-order chi connectivity index (χ1) is 7.67. The molecule has 1 rings (SSSR count). The maximum atomic E-state index is 11.7. The Kier molecular flexibility index (Phi) is 4.87. The Balaban J connectivity index is 2.53. The lowest BCUT2D eigenvalue weighted by atomic mass is 9.84. The van der Waals surface area contributed by atoms with Gasteiger partial charge in [-0.3, -0.25) is 4.79 Å². The number of carbonyl (C=O) groups is 1. The van der Waals surface area contributed by atoms with E-state index >= 15 is 0 Å². The van der Waals surface area contributed by atoms with Crippen molar-refractivity contribution in [1.29, 1.82) is 0 Å². The Morgan fingerprint density at radius 1 is 1.50 bits per heavy atom. The highest BCUT2D eigenvalue weighted by Gasteiger charge is 2.25. The number of rotatable bonds is 6. The van der Waals surface area contributed by atoms with Crippen molar-refractivity contribution < 1.29 is 9.21 Å². The summed E-state index contributed by atoms with van der Waals surface area (Å²) in [6.45, 7) is 4.79. The minimum Gasteiger partial charge on any atom is -0.472 e. The molecule has 0 fully saturated rings. The molecule has 1 aromatic heterocycles. The van der Waals surface area contributed by atoms with Gasteiger partial charge in [0.25, 0.3) is 5.91 Å². The van der Waals surface area contributed by atoms with E-state index in [9.17, 15) is 4.79 Å². The maximum absolute atomic E-state index is 11.7. The molecule has 0 aliphatic heterocycles. The summed E-state index contributed by atoms with van der Waals surface area (Å²) < 4.78 is 4.86. The first-order valence-corrected chi connectivity index (χ1v) is 6.07. The molecule has 0 atom stereocenters. The molecular formula is C12H18ClNO2. The zero-order chi connectivity index (χ0) is 12.0. The summed E-state index contributed by atoms with van der Waals surface area (Å²) in [7, 11) is 0. The van der Waals surface area contributed by atoms with E-state index in [0.717, 1.165) is 12.8 Å². The van der Waals surface area contributed by atoms with Crippen molar-refractivity contribution in [3.63, 3.8) is 0 Å². The van der Waals surface area contributed by atoms with Gasteiger partial charge in [0.1, 0.15) is 6.26 Å². The van der Waals surface area contributed by atoms with Crippen LogP contribution in [0.25, 0.3) is 0 Å². The molecule has 1 N–H and O–H groups in total. The maximum Gasteiger partial charge on any atom is 0.254 e. The van der Waals surface area contributed by atoms with Crippen LogP contribution >= 0.6 is 11.6 Å². The number of hydrogen-bond acceptors (Lipinski definition) is 2. The Morgan fingerprint density at radius 3 is 2.62 bits per heavy atom. The van der Waals surface area contributed by atoms with Gasteiger partial charge in [-0.2, -0.15) is 0 Å². The number of carbonyl (C=O) groups excluding carboxylic acids is 1. The average molecular weight is 244 g/mol. The zero-order valence-electron chi connectivity index (χ0n) is 9.75. The van der Waals surface area contributed by atoms with Crippen LogP contribution in [0.4, 0.5) is 0 Å². The second-order valence-corrected chi connectivity index (χ2v) is 4.30. The summed E-state index contributed by atoms with van der Waals surface area (Å²) in [5, 5.41) is 2.90. The number of nitrogens with one attached hydrogen (secondary N) is 1. The van der Waals surface area contributed by atoms with Gasteiger partial charge in [0.15, 0.2) is 0 Å². The molecule has 0 spiro atoms. The molecule has 3 nitrogen and oxygen atoms in total. The third-order valence-corrected chi connectivity index (χ3v) is 3.76. The standard InChI is InChI=1S/C12H18ClNO2/c1-3-12(4-2,8-13)9-14-11(15)10-5-6-16-7-10/h5-7H,3-4,8-9H2,1-2H3,(H,14,15). The van der Waals surface area contributed by atoms with Crippen molar-refractivity contribution in [3.05, 3.63) is 24.2 Å². The van der Waals surface area contributed by atoms with Crippen molar-refractivity contribution in [2.45, 2.75) is 26.7 Å². The number of alkyl halides is 1. The smallest absolute Gasteiger partial charge is 0.254 e. The Hall–Kier alpha value is -0.960. The van der Waals surface area contributed by atoms with Gasteiger partial charge in [0, 0.05) is 17.8 Å². The molecule has 0 bridgehead atoms. The first kappa shape index (κ1) is 13.1. The summed E-state index contributed by atoms with van der Waals surface area (Å²) in [6, 6.07) is 1.65. The fraction of sp³-hybridized carbons (Fsp3) is 0.583. The van der Waals surface area contributed by atoms with E-state index < -0.39 is 0 Å². The fourth-order valence-electron chi connectivity index (χ4n) is 1.50. The predicted octanol–water partition coefficient (Wildman–Crippen LogP) is 3.05. The summed E-state index contributed by atoms with van der Waals surface area (Å²) in [4.78, 5) is 11.7. The van der Waals surface area contributed by atoms with E-state index in [0.29, 0.717) is 18.0 Å². The van der Waals surface area contributed by atoms with E-state index in [1.165, 1.54) is 12.5 Å². The summed E-state index contributed by atoms with van der Waals surface area (Å²) in [5.41, 5.74) is 0.552. The first-order valence-electron chi connectivity index (χ1n) is 5.54. The minimum atomic E-state index is -0.106. The molecule has 0 aliphatic rings. The topological polar surface area (TPSA) is 42.2 Å². The molecule has 4 heteroatoms. The van der Waals surface area contributed by atoms with E-state index in [1.54, 1.807) is 6.07 Å². The van der Waals surface area contributed by atoms with E-state index in [1.807, 2.05) is 0 Å². The number of furan rings is 1. The van der Waals surface area contributed by atoms with Crippen molar-refractivity contribution in [3.8, 4) is 0 Å². The number of hydrogen-bond donors (Lipinski definition) is 1. The van der Waals surface area contributed by atoms with E-state index in [4.69, 9.17) is 16.0 Å². The largest absolute Gasteiger partial charge is 0.472 e. The van der Waals surface area contributed by atoms with Crippen LogP contribution in [0, 0.1) is 5.41 Å². The molecule has 0 aliphatic carbocycles. The lowest BCUT2D eigenvalue weighted by Crippen LogP contribution is -2.38. The highest BCUT2D eigenvalue weighted by Crippen LogP contribution is 2.26. The average Bonchev–Trinajstić information content (AvgIpc) is 2.85. The molecule has 16 heavy (non-hydrogen) atoms. The number of amides is 1. The van der Waals surface area contributed by atoms with Crippen LogP contribution in [-0.2, 0) is 0 Å². The van der Waals surface area contributed by atoms with Crippen LogP contribution in [0.3, 0.4) is 0 Å². The van der Waals surface area contributed by atoms with Crippen LogP contribution in [0.15, 0.2) is 23.0 Å². The summed E-state index contributed by atoms with van der Waals surface area (Å²) in [5.74, 6) is 0.455. The molecule has 90 valence electrons. The highest BCUT2D eigenvalue weighted by atomic mass is 35.5. The van der Waals surface area contributed by atoms with Gasteiger partial charge < -0.3 is 9.73 Å². The quantitative estimate of drug-likeness (QED) is 0.781. The molecule has 1 aromatic rings. The molecule has 0 aromatic carbocycles. The highest BCUT2D eigenvalue weighted by molar-refractivity contribution is 6.18. The number of halogens is 1. The minimum absolute atomic E-state index is 0.000944. The zero-order valence-corrected chi connectivity index (χ0v) is 10.5. The third kappa shape index (κ3) is 3.01. The van der Waals surface area contributed by atoms with Crippen molar-refractivity contribution >= 4 is 17.5 Å². The molecule has 0 radical (unpaired) electrons. The van der Waals surface area contributed by atoms with Gasteiger partial charge in [-0.25, -0.2) is 0 Å². The molecule has 0 saturated carbocycles. The van der Waals surface area contributed by atoms with Gasteiger partial charge >= 0.3 is 0 Å².